The van der Waals surface area contributed by atoms with Gasteiger partial charge in [-0.1, -0.05) is 17.7 Å². The van der Waals surface area contributed by atoms with E-state index in [9.17, 15) is 14.4 Å². The monoisotopic (exact) mass is 307 g/mol. The van der Waals surface area contributed by atoms with Gasteiger partial charge >= 0.3 is 5.97 Å². The highest BCUT2D eigenvalue weighted by molar-refractivity contribution is 8.01. The van der Waals surface area contributed by atoms with Gasteiger partial charge in [0.2, 0.25) is 11.8 Å². The Hall–Kier alpha value is -1.82. The predicted octanol–water partition coefficient (Wildman–Crippen LogP) is 1.92. The van der Waals surface area contributed by atoms with E-state index in [1.165, 1.54) is 4.90 Å². The first kappa shape index (κ1) is 15.6. The minimum absolute atomic E-state index is 0.0826. The standard InChI is InChI=1S/C15H17NO4S/c1-3-20-14(18)9-21-12-8-13(17)16(15(12)19)11-6-4-10(2)5-7-11/h4-7,12H,3,8-9H2,1-2H3/t12-/m0/s1. The molecule has 0 bridgehead atoms. The number of esters is 1. The molecule has 2 rings (SSSR count). The molecular weight excluding hydrogens is 290 g/mol. The summed E-state index contributed by atoms with van der Waals surface area (Å²) >= 11 is 1.16. The maximum Gasteiger partial charge on any atom is 0.315 e. The van der Waals surface area contributed by atoms with Crippen molar-refractivity contribution in [2.24, 2.45) is 0 Å². The molecule has 0 radical (unpaired) electrons. The predicted molar refractivity (Wildman–Crippen MR) is 81.2 cm³/mol. The van der Waals surface area contributed by atoms with Crippen LogP contribution >= 0.6 is 11.8 Å². The van der Waals surface area contributed by atoms with Crippen LogP contribution in [0.15, 0.2) is 24.3 Å². The van der Waals surface area contributed by atoms with Crippen molar-refractivity contribution in [1.82, 2.24) is 0 Å². The average molecular weight is 307 g/mol. The van der Waals surface area contributed by atoms with Crippen molar-refractivity contribution < 1.29 is 19.1 Å². The molecule has 0 unspecified atom stereocenters. The van der Waals surface area contributed by atoms with Gasteiger partial charge in [-0.05, 0) is 26.0 Å². The number of rotatable bonds is 5. The van der Waals surface area contributed by atoms with E-state index in [0.717, 1.165) is 17.3 Å². The third-order valence-corrected chi connectivity index (χ3v) is 4.28. The highest BCUT2D eigenvalue weighted by Gasteiger charge is 2.40. The fraction of sp³-hybridized carbons (Fsp3) is 0.400. The maximum absolute atomic E-state index is 12.3. The fourth-order valence-corrected chi connectivity index (χ4v) is 3.00. The van der Waals surface area contributed by atoms with E-state index in [1.54, 1.807) is 19.1 Å². The molecule has 1 atom stereocenters. The van der Waals surface area contributed by atoms with E-state index >= 15 is 0 Å². The second-order valence-corrected chi connectivity index (χ2v) is 5.90. The van der Waals surface area contributed by atoms with Gasteiger partial charge in [0.05, 0.1) is 23.3 Å². The van der Waals surface area contributed by atoms with Crippen molar-refractivity contribution in [1.29, 1.82) is 0 Å². The molecule has 0 spiro atoms. The number of carbonyl (C=O) groups is 3. The van der Waals surface area contributed by atoms with Crippen LogP contribution in [-0.4, -0.2) is 35.4 Å². The van der Waals surface area contributed by atoms with E-state index in [-0.39, 0.29) is 30.0 Å². The van der Waals surface area contributed by atoms with Gasteiger partial charge in [-0.25, -0.2) is 4.90 Å². The number of thioether (sulfide) groups is 1. The van der Waals surface area contributed by atoms with Gasteiger partial charge in [-0.2, -0.15) is 0 Å². The summed E-state index contributed by atoms with van der Waals surface area (Å²) in [5.41, 5.74) is 1.64. The molecule has 0 aliphatic carbocycles. The van der Waals surface area contributed by atoms with Gasteiger partial charge in [-0.3, -0.25) is 14.4 Å². The van der Waals surface area contributed by atoms with Gasteiger partial charge in [0.25, 0.3) is 0 Å². The van der Waals surface area contributed by atoms with Crippen LogP contribution in [0.1, 0.15) is 18.9 Å². The zero-order valence-electron chi connectivity index (χ0n) is 12.0. The lowest BCUT2D eigenvalue weighted by atomic mass is 10.2. The summed E-state index contributed by atoms with van der Waals surface area (Å²) in [6.45, 7) is 3.98. The summed E-state index contributed by atoms with van der Waals surface area (Å²) in [6, 6.07) is 7.22. The topological polar surface area (TPSA) is 63.7 Å². The van der Waals surface area contributed by atoms with Crippen molar-refractivity contribution in [3.8, 4) is 0 Å². The number of hydrogen-bond donors (Lipinski definition) is 0. The van der Waals surface area contributed by atoms with Gasteiger partial charge in [0.15, 0.2) is 0 Å². The Balaban J connectivity index is 2.03. The minimum Gasteiger partial charge on any atom is -0.465 e. The number of carbonyl (C=O) groups excluding carboxylic acids is 3. The number of ether oxygens (including phenoxy) is 1. The third kappa shape index (κ3) is 3.64. The van der Waals surface area contributed by atoms with Gasteiger partial charge in [0, 0.05) is 6.42 Å². The Bertz CT molecular complexity index is 555. The summed E-state index contributed by atoms with van der Waals surface area (Å²) in [5.74, 6) is -0.779. The first-order valence-electron chi connectivity index (χ1n) is 6.73. The van der Waals surface area contributed by atoms with Crippen LogP contribution in [-0.2, 0) is 19.1 Å². The largest absolute Gasteiger partial charge is 0.465 e. The summed E-state index contributed by atoms with van der Waals surface area (Å²) in [4.78, 5) is 36.9. The number of imide groups is 1. The van der Waals surface area contributed by atoms with Crippen molar-refractivity contribution in [3.63, 3.8) is 0 Å². The molecule has 0 saturated carbocycles. The number of anilines is 1. The number of hydrogen-bond acceptors (Lipinski definition) is 5. The summed E-state index contributed by atoms with van der Waals surface area (Å²) < 4.78 is 4.82. The van der Waals surface area contributed by atoms with E-state index in [1.807, 2.05) is 19.1 Å². The molecule has 21 heavy (non-hydrogen) atoms. The Morgan fingerprint density at radius 3 is 2.62 bits per heavy atom. The number of benzene rings is 1. The third-order valence-electron chi connectivity index (χ3n) is 3.11. The van der Waals surface area contributed by atoms with Crippen molar-refractivity contribution >= 4 is 35.2 Å². The first-order valence-corrected chi connectivity index (χ1v) is 7.78. The summed E-state index contributed by atoms with van der Waals surface area (Å²) in [6.07, 6.45) is 0.122. The molecule has 1 fully saturated rings. The molecule has 2 amide bonds. The Morgan fingerprint density at radius 1 is 1.33 bits per heavy atom. The smallest absolute Gasteiger partial charge is 0.315 e. The lowest BCUT2D eigenvalue weighted by Gasteiger charge is -2.15. The van der Waals surface area contributed by atoms with Crippen molar-refractivity contribution in [2.75, 3.05) is 17.3 Å². The highest BCUT2D eigenvalue weighted by atomic mass is 32.2. The molecule has 6 heteroatoms. The van der Waals surface area contributed by atoms with Gasteiger partial charge < -0.3 is 4.74 Å². The first-order chi connectivity index (χ1) is 10.0. The maximum atomic E-state index is 12.3. The molecule has 5 nitrogen and oxygen atoms in total. The van der Waals surface area contributed by atoms with Crippen LogP contribution in [0.4, 0.5) is 5.69 Å². The van der Waals surface area contributed by atoms with Crippen LogP contribution in [0.3, 0.4) is 0 Å². The second-order valence-electron chi connectivity index (χ2n) is 4.71. The fourth-order valence-electron chi connectivity index (χ4n) is 2.07. The second kappa shape index (κ2) is 6.76. The molecule has 1 aliphatic rings. The van der Waals surface area contributed by atoms with Crippen LogP contribution in [0.2, 0.25) is 0 Å². The van der Waals surface area contributed by atoms with E-state index in [0.29, 0.717) is 12.3 Å². The van der Waals surface area contributed by atoms with Gasteiger partial charge in [0.1, 0.15) is 0 Å². The quantitative estimate of drug-likeness (QED) is 0.614. The molecule has 1 aromatic rings. The summed E-state index contributed by atoms with van der Waals surface area (Å²) in [7, 11) is 0. The average Bonchev–Trinajstić information content (AvgIpc) is 2.73. The van der Waals surface area contributed by atoms with Crippen LogP contribution in [0, 0.1) is 6.92 Å². The molecular formula is C15H17NO4S. The van der Waals surface area contributed by atoms with Gasteiger partial charge in [-0.15, -0.1) is 11.8 Å². The molecule has 1 aromatic carbocycles. The molecule has 1 aliphatic heterocycles. The molecule has 0 aromatic heterocycles. The van der Waals surface area contributed by atoms with Crippen molar-refractivity contribution in [2.45, 2.75) is 25.5 Å². The lowest BCUT2D eigenvalue weighted by Crippen LogP contribution is -2.31. The van der Waals surface area contributed by atoms with Crippen molar-refractivity contribution in [3.05, 3.63) is 29.8 Å². The Morgan fingerprint density at radius 2 is 2.00 bits per heavy atom. The molecule has 112 valence electrons. The zero-order valence-corrected chi connectivity index (χ0v) is 12.8. The van der Waals surface area contributed by atoms with E-state index in [4.69, 9.17) is 4.74 Å². The SMILES string of the molecule is CCOC(=O)CS[C@H]1CC(=O)N(c2ccc(C)cc2)C1=O. The summed E-state index contributed by atoms with van der Waals surface area (Å²) in [5, 5.41) is -0.511. The molecule has 1 saturated heterocycles. The van der Waals surface area contributed by atoms with E-state index < -0.39 is 5.25 Å². The zero-order chi connectivity index (χ0) is 15.4. The lowest BCUT2D eigenvalue weighted by molar-refractivity contribution is -0.139. The highest BCUT2D eigenvalue weighted by Crippen LogP contribution is 2.29. The normalized spacial score (nSPS) is 18.2. The number of nitrogens with zero attached hydrogens (tertiary/aromatic N) is 1. The van der Waals surface area contributed by atoms with E-state index in [2.05, 4.69) is 0 Å². The number of aryl methyl sites for hydroxylation is 1. The number of amides is 2. The molecule has 1 heterocycles. The van der Waals surface area contributed by atoms with Crippen LogP contribution in [0.25, 0.3) is 0 Å². The van der Waals surface area contributed by atoms with Crippen LogP contribution < -0.4 is 4.90 Å². The Labute approximate surface area is 127 Å². The minimum atomic E-state index is -0.511. The van der Waals surface area contributed by atoms with Crippen LogP contribution in [0.5, 0.6) is 0 Å². The Kier molecular flexibility index (Phi) is 5.01. The molecule has 0 N–H and O–H groups in total.